The highest BCUT2D eigenvalue weighted by atomic mass is 127. The third kappa shape index (κ3) is 11.6. The third-order valence-corrected chi connectivity index (χ3v) is 14.1. The average Bonchev–Trinajstić information content (AvgIpc) is 4.42. The highest BCUT2D eigenvalue weighted by Crippen LogP contribution is 2.36. The van der Waals surface area contributed by atoms with E-state index < -0.39 is 56.1 Å². The van der Waals surface area contributed by atoms with Gasteiger partial charge in [-0.05, 0) is 158 Å². The molecule has 78 heavy (non-hydrogen) atoms. The molecular weight excluding hydrogens is 1260 g/mol. The summed E-state index contributed by atoms with van der Waals surface area (Å²) in [5.74, 6) is -1.51. The number of hydrogen-bond acceptors (Lipinski definition) is 11. The Morgan fingerprint density at radius 1 is 0.564 bits per heavy atom. The van der Waals surface area contributed by atoms with E-state index >= 15 is 0 Å². The Morgan fingerprint density at radius 2 is 0.910 bits per heavy atom. The Morgan fingerprint density at radius 3 is 1.22 bits per heavy atom. The SMILES string of the molecule is CC(=O)Nc1cccc(-n2c(=O)n(C3CC3)c(=O)c3c(Nc4ccc(I)cc4F)n(C)c(=O)c(C)c32)c1.CC(=O)Nc1cccc(-n2c(=O)n(C3CC3)c(=O)c3c(Nc4ccc(I)cc4F)n(C)c(=O)c(C)c32)c1.CS(C)=O. The molecule has 2 aliphatic carbocycles. The Balaban J connectivity index is 0.000000193. The summed E-state index contributed by atoms with van der Waals surface area (Å²) in [6.07, 6.45) is 5.97. The summed E-state index contributed by atoms with van der Waals surface area (Å²) in [5.41, 5.74) is -0.703. The van der Waals surface area contributed by atoms with Crippen molar-refractivity contribution in [2.45, 2.75) is 65.5 Å². The molecule has 0 spiro atoms. The second-order valence-corrected chi connectivity index (χ2v) is 22.8. The summed E-state index contributed by atoms with van der Waals surface area (Å²) >= 11 is 3.98. The molecule has 0 bridgehead atoms. The minimum absolute atomic E-state index is 0.0804. The molecule has 0 radical (unpaired) electrons. The molecule has 0 aliphatic heterocycles. The Labute approximate surface area is 472 Å². The molecule has 4 heterocycles. The van der Waals surface area contributed by atoms with Gasteiger partial charge >= 0.3 is 11.4 Å². The van der Waals surface area contributed by atoms with E-state index in [1.54, 1.807) is 87.0 Å². The Hall–Kier alpha value is -7.33. The molecular formula is C54H52F2I2N10O9S. The molecule has 19 nitrogen and oxygen atoms in total. The molecule has 0 atom stereocenters. The fraction of sp³-hybridized carbons (Fsp3) is 0.259. The van der Waals surface area contributed by atoms with Crippen LogP contribution in [-0.2, 0) is 34.5 Å². The van der Waals surface area contributed by atoms with Crippen LogP contribution in [0.2, 0.25) is 0 Å². The minimum Gasteiger partial charge on any atom is -0.338 e. The number of hydrogen-bond donors (Lipinski definition) is 4. The lowest BCUT2D eigenvalue weighted by Gasteiger charge is -2.21. The largest absolute Gasteiger partial charge is 0.338 e. The molecule has 0 saturated heterocycles. The molecule has 2 amide bonds. The predicted octanol–water partition coefficient (Wildman–Crippen LogP) is 7.87. The van der Waals surface area contributed by atoms with Gasteiger partial charge in [-0.25, -0.2) is 18.4 Å². The molecule has 4 N–H and O–H groups in total. The van der Waals surface area contributed by atoms with Crippen LogP contribution in [0.5, 0.6) is 0 Å². The first-order valence-corrected chi connectivity index (χ1v) is 28.3. The fourth-order valence-corrected chi connectivity index (χ4v) is 9.91. The number of carbonyl (C=O) groups excluding carboxylic acids is 2. The number of nitrogens with one attached hydrogen (secondary N) is 4. The molecule has 10 rings (SSSR count). The van der Waals surface area contributed by atoms with Crippen LogP contribution in [0.4, 0.5) is 43.2 Å². The van der Waals surface area contributed by atoms with E-state index in [1.165, 1.54) is 79.6 Å². The number of rotatable bonds is 10. The molecule has 406 valence electrons. The van der Waals surface area contributed by atoms with Gasteiger partial charge in [0.15, 0.2) is 0 Å². The fourth-order valence-electron chi connectivity index (χ4n) is 9.00. The highest BCUT2D eigenvalue weighted by Gasteiger charge is 2.33. The normalized spacial score (nSPS) is 12.9. The van der Waals surface area contributed by atoms with E-state index in [1.807, 2.05) is 45.2 Å². The van der Waals surface area contributed by atoms with Crippen molar-refractivity contribution >= 4 is 124 Å². The van der Waals surface area contributed by atoms with Gasteiger partial charge in [-0.2, -0.15) is 0 Å². The Kier molecular flexibility index (Phi) is 16.7. The smallest absolute Gasteiger partial charge is 0.336 e. The van der Waals surface area contributed by atoms with Crippen LogP contribution < -0.4 is 54.9 Å². The van der Waals surface area contributed by atoms with Gasteiger partial charge in [-0.3, -0.25) is 60.4 Å². The third-order valence-electron chi connectivity index (χ3n) is 12.7. The van der Waals surface area contributed by atoms with Gasteiger partial charge in [0.25, 0.3) is 22.2 Å². The van der Waals surface area contributed by atoms with Crippen LogP contribution >= 0.6 is 45.2 Å². The van der Waals surface area contributed by atoms with E-state index in [-0.39, 0.29) is 79.8 Å². The molecule has 24 heteroatoms. The van der Waals surface area contributed by atoms with Crippen molar-refractivity contribution in [2.75, 3.05) is 33.8 Å². The summed E-state index contributed by atoms with van der Waals surface area (Å²) in [4.78, 5) is 105. The summed E-state index contributed by atoms with van der Waals surface area (Å²) < 4.78 is 48.1. The first-order valence-electron chi connectivity index (χ1n) is 24.2. The zero-order chi connectivity index (χ0) is 56.8. The number of fused-ring (bicyclic) bond motifs is 2. The topological polar surface area (TPSA) is 231 Å². The standard InChI is InChI=1S/2C26H23FIN5O4.C2H6OS/c2*1-13-22-21(23(31(3)24(13)35)30-20-10-7-15(28)11-19(20)27)25(36)33(17-8-9-17)26(37)32(22)18-6-4-5-16(12-18)29-14(2)34;1-4(2)3/h2*4-7,10-12,17,30H,8-9H2,1-3H3,(H,29,34);1-2H3. The van der Waals surface area contributed by atoms with E-state index in [0.29, 0.717) is 55.6 Å². The molecule has 0 unspecified atom stereocenters. The number of pyridine rings is 2. The van der Waals surface area contributed by atoms with Gasteiger partial charge < -0.3 is 21.3 Å². The molecule has 2 fully saturated rings. The van der Waals surface area contributed by atoms with Crippen molar-refractivity contribution in [3.8, 4) is 11.4 Å². The molecule has 2 aliphatic rings. The lowest BCUT2D eigenvalue weighted by molar-refractivity contribution is -0.115. The zero-order valence-corrected chi connectivity index (χ0v) is 48.5. The number of aryl methyl sites for hydroxylation is 2. The van der Waals surface area contributed by atoms with Crippen LogP contribution in [0.1, 0.15) is 62.7 Å². The maximum absolute atomic E-state index is 14.8. The van der Waals surface area contributed by atoms with Gasteiger partial charge in [-0.1, -0.05) is 12.1 Å². The second kappa shape index (κ2) is 22.9. The first-order chi connectivity index (χ1) is 36.9. The number of halogens is 4. The average molecular weight is 1310 g/mol. The van der Waals surface area contributed by atoms with Crippen molar-refractivity contribution in [1.82, 2.24) is 27.4 Å². The predicted molar refractivity (Wildman–Crippen MR) is 318 cm³/mol. The monoisotopic (exact) mass is 1310 g/mol. The summed E-state index contributed by atoms with van der Waals surface area (Å²) in [6, 6.07) is 21.8. The minimum atomic E-state index is -0.611. The van der Waals surface area contributed by atoms with Crippen LogP contribution in [0.15, 0.2) is 114 Å². The van der Waals surface area contributed by atoms with Crippen molar-refractivity contribution in [3.05, 3.63) is 177 Å². The second-order valence-electron chi connectivity index (χ2n) is 18.9. The zero-order valence-electron chi connectivity index (χ0n) is 43.3. The maximum Gasteiger partial charge on any atom is 0.336 e. The molecule has 8 aromatic rings. The maximum atomic E-state index is 14.8. The summed E-state index contributed by atoms with van der Waals surface area (Å²) in [7, 11) is 2.38. The van der Waals surface area contributed by atoms with Gasteiger partial charge in [-0.15, -0.1) is 0 Å². The molecule has 4 aromatic carbocycles. The number of aromatic nitrogens is 6. The van der Waals surface area contributed by atoms with Gasteiger partial charge in [0.1, 0.15) is 34.0 Å². The van der Waals surface area contributed by atoms with Gasteiger partial charge in [0, 0.05) is 93.0 Å². The quantitative estimate of drug-likeness (QED) is 0.0963. The summed E-state index contributed by atoms with van der Waals surface area (Å²) in [5, 5.41) is 11.4. The van der Waals surface area contributed by atoms with Crippen LogP contribution in [0, 0.1) is 32.6 Å². The molecule has 4 aromatic heterocycles. The van der Waals surface area contributed by atoms with E-state index in [2.05, 4.69) is 21.3 Å². The number of benzene rings is 4. The van der Waals surface area contributed by atoms with Crippen molar-refractivity contribution in [2.24, 2.45) is 14.1 Å². The van der Waals surface area contributed by atoms with Crippen molar-refractivity contribution < 1.29 is 22.6 Å². The lowest BCUT2D eigenvalue weighted by atomic mass is 10.1. The molecule has 2 saturated carbocycles. The number of amides is 2. The van der Waals surface area contributed by atoms with Crippen LogP contribution in [0.3, 0.4) is 0 Å². The van der Waals surface area contributed by atoms with E-state index in [0.717, 1.165) is 0 Å². The number of anilines is 6. The first kappa shape index (κ1) is 56.9. The van der Waals surface area contributed by atoms with E-state index in [4.69, 9.17) is 0 Å². The van der Waals surface area contributed by atoms with Crippen molar-refractivity contribution in [1.29, 1.82) is 0 Å². The summed E-state index contributed by atoms with van der Waals surface area (Å²) in [6.45, 7) is 5.84. The van der Waals surface area contributed by atoms with Crippen LogP contribution in [-0.4, -0.2) is 55.9 Å². The van der Waals surface area contributed by atoms with Crippen LogP contribution in [0.25, 0.3) is 33.2 Å². The lowest BCUT2D eigenvalue weighted by Crippen LogP contribution is -2.41. The Bertz CT molecular complexity index is 3950. The van der Waals surface area contributed by atoms with Crippen molar-refractivity contribution in [3.63, 3.8) is 0 Å². The highest BCUT2D eigenvalue weighted by molar-refractivity contribution is 14.1. The van der Waals surface area contributed by atoms with Gasteiger partial charge in [0.05, 0.1) is 33.8 Å². The van der Waals surface area contributed by atoms with Gasteiger partial charge in [0.2, 0.25) is 11.8 Å². The number of nitrogens with zero attached hydrogens (tertiary/aromatic N) is 6. The van der Waals surface area contributed by atoms with E-state index in [9.17, 15) is 51.3 Å². The number of carbonyl (C=O) groups is 2.